The lowest BCUT2D eigenvalue weighted by Crippen LogP contribution is -2.42. The Hall–Kier alpha value is -3.78. The summed E-state index contributed by atoms with van der Waals surface area (Å²) >= 11 is 0. The summed E-state index contributed by atoms with van der Waals surface area (Å²) in [4.78, 5) is 16.9. The Labute approximate surface area is 202 Å². The van der Waals surface area contributed by atoms with Gasteiger partial charge in [0.15, 0.2) is 0 Å². The number of nitrogens with one attached hydrogen (secondary N) is 2. The summed E-state index contributed by atoms with van der Waals surface area (Å²) in [6.07, 6.45) is 5.60. The number of halogens is 2. The lowest BCUT2D eigenvalue weighted by Gasteiger charge is -2.34. The number of para-hydroxylation sites is 1. The smallest absolute Gasteiger partial charge is 0.273 e. The van der Waals surface area contributed by atoms with Crippen molar-refractivity contribution in [1.82, 2.24) is 14.8 Å². The first kappa shape index (κ1) is 23.0. The van der Waals surface area contributed by atoms with Crippen molar-refractivity contribution < 1.29 is 13.6 Å². The van der Waals surface area contributed by atoms with Crippen LogP contribution >= 0.6 is 0 Å². The van der Waals surface area contributed by atoms with Gasteiger partial charge in [0.05, 0.1) is 23.4 Å². The Morgan fingerprint density at radius 2 is 1.83 bits per heavy atom. The Kier molecular flexibility index (Phi) is 6.46. The molecule has 35 heavy (non-hydrogen) atoms. The molecule has 4 aromatic rings. The molecule has 1 aliphatic rings. The van der Waals surface area contributed by atoms with E-state index >= 15 is 0 Å². The number of anilines is 1. The van der Waals surface area contributed by atoms with Gasteiger partial charge in [-0.25, -0.2) is 14.2 Å². The van der Waals surface area contributed by atoms with Crippen LogP contribution in [0.15, 0.2) is 66.9 Å². The van der Waals surface area contributed by atoms with Gasteiger partial charge in [0.2, 0.25) is 0 Å². The predicted octanol–water partition coefficient (Wildman–Crippen LogP) is 5.14. The molecule has 0 saturated carbocycles. The molecule has 1 saturated heterocycles. The summed E-state index contributed by atoms with van der Waals surface area (Å²) in [5.74, 6) is -1.46. The number of fused-ring (bicyclic) bond motifs is 1. The number of rotatable bonds is 6. The van der Waals surface area contributed by atoms with Crippen molar-refractivity contribution in [2.75, 3.05) is 24.3 Å². The van der Waals surface area contributed by atoms with E-state index in [1.165, 1.54) is 23.3 Å². The second kappa shape index (κ2) is 9.84. The van der Waals surface area contributed by atoms with Gasteiger partial charge in [-0.15, -0.1) is 0 Å². The molecule has 0 spiro atoms. The summed E-state index contributed by atoms with van der Waals surface area (Å²) in [6, 6.07) is 16.6. The normalized spacial score (nSPS) is 16.4. The van der Waals surface area contributed by atoms with Crippen molar-refractivity contribution in [3.63, 3.8) is 0 Å². The van der Waals surface area contributed by atoms with Gasteiger partial charge in [0.1, 0.15) is 11.6 Å². The van der Waals surface area contributed by atoms with Crippen molar-refractivity contribution in [2.45, 2.75) is 31.8 Å². The van der Waals surface area contributed by atoms with Gasteiger partial charge in [-0.3, -0.25) is 9.69 Å². The largest absolute Gasteiger partial charge is 0.369 e. The van der Waals surface area contributed by atoms with E-state index in [0.29, 0.717) is 17.5 Å². The molecular weight excluding hydrogens is 448 g/mol. The predicted molar refractivity (Wildman–Crippen MR) is 133 cm³/mol. The number of hydrogen-bond donors (Lipinski definition) is 2. The van der Waals surface area contributed by atoms with Crippen LogP contribution in [0.3, 0.4) is 0 Å². The molecule has 1 fully saturated rings. The maximum atomic E-state index is 13.5. The minimum Gasteiger partial charge on any atom is -0.369 e. The highest BCUT2D eigenvalue weighted by Gasteiger charge is 2.21. The van der Waals surface area contributed by atoms with E-state index in [9.17, 15) is 13.6 Å². The highest BCUT2D eigenvalue weighted by atomic mass is 19.1. The van der Waals surface area contributed by atoms with E-state index in [1.54, 1.807) is 12.3 Å². The van der Waals surface area contributed by atoms with Crippen LogP contribution in [0.25, 0.3) is 10.9 Å². The van der Waals surface area contributed by atoms with E-state index < -0.39 is 11.6 Å². The zero-order valence-electron chi connectivity index (χ0n) is 19.5. The zero-order chi connectivity index (χ0) is 24.4. The van der Waals surface area contributed by atoms with E-state index in [1.807, 2.05) is 36.4 Å². The third kappa shape index (κ3) is 5.17. The number of aromatic nitrogens is 2. The maximum Gasteiger partial charge on any atom is 0.273 e. The third-order valence-electron chi connectivity index (χ3n) is 6.43. The fourth-order valence-corrected chi connectivity index (χ4v) is 4.63. The number of benzene rings is 3. The van der Waals surface area contributed by atoms with Gasteiger partial charge in [0.25, 0.3) is 5.91 Å². The number of likely N-dealkylation sites (tertiary alicyclic amines) is 1. The van der Waals surface area contributed by atoms with Crippen molar-refractivity contribution >= 4 is 22.5 Å². The molecule has 2 N–H and O–H groups in total. The van der Waals surface area contributed by atoms with Gasteiger partial charge in [-0.05, 0) is 86.8 Å². The van der Waals surface area contributed by atoms with Gasteiger partial charge < -0.3 is 5.32 Å². The zero-order valence-corrected chi connectivity index (χ0v) is 19.5. The number of carbonyl (C=O) groups is 1. The maximum absolute atomic E-state index is 13.5. The van der Waals surface area contributed by atoms with Crippen molar-refractivity contribution in [2.24, 2.45) is 0 Å². The quantitative estimate of drug-likeness (QED) is 0.405. The molecule has 180 valence electrons. The van der Waals surface area contributed by atoms with Gasteiger partial charge in [-0.2, -0.15) is 9.89 Å². The summed E-state index contributed by atoms with van der Waals surface area (Å²) in [6.45, 7) is 1.03. The van der Waals surface area contributed by atoms with Crippen molar-refractivity contribution in [1.29, 1.82) is 0 Å². The van der Waals surface area contributed by atoms with Gasteiger partial charge >= 0.3 is 0 Å². The number of amides is 1. The number of nitrogens with zero attached hydrogens (tertiary/aromatic N) is 3. The lowest BCUT2D eigenvalue weighted by molar-refractivity contribution is 0.101. The average Bonchev–Trinajstić information content (AvgIpc) is 3.22. The van der Waals surface area contributed by atoms with Crippen LogP contribution in [0.4, 0.5) is 14.5 Å². The molecule has 1 unspecified atom stereocenters. The minimum absolute atomic E-state index is 0.188. The van der Waals surface area contributed by atoms with E-state index in [-0.39, 0.29) is 12.1 Å². The first-order valence-corrected chi connectivity index (χ1v) is 11.7. The summed E-state index contributed by atoms with van der Waals surface area (Å²) < 4.78 is 27.1. The Morgan fingerprint density at radius 3 is 2.63 bits per heavy atom. The summed E-state index contributed by atoms with van der Waals surface area (Å²) in [7, 11) is 2.09. The van der Waals surface area contributed by atoms with Crippen LogP contribution in [0.5, 0.6) is 0 Å². The lowest BCUT2D eigenvalue weighted by atomic mass is 10.0. The fourth-order valence-electron chi connectivity index (χ4n) is 4.63. The fraction of sp³-hybridized carbons (Fsp3) is 0.259. The number of hydrogen-bond acceptors (Lipinski definition) is 4. The molecule has 1 amide bonds. The molecule has 8 heteroatoms. The summed E-state index contributed by atoms with van der Waals surface area (Å²) in [5.41, 5.74) is 6.36. The van der Waals surface area contributed by atoms with Crippen LogP contribution in [-0.4, -0.2) is 40.5 Å². The first-order chi connectivity index (χ1) is 17.0. The van der Waals surface area contributed by atoms with Crippen LogP contribution in [0, 0.1) is 11.6 Å². The van der Waals surface area contributed by atoms with E-state index in [2.05, 4.69) is 27.8 Å². The van der Waals surface area contributed by atoms with Crippen LogP contribution in [0.2, 0.25) is 0 Å². The van der Waals surface area contributed by atoms with E-state index in [4.69, 9.17) is 0 Å². The molecule has 0 aliphatic carbocycles. The summed E-state index contributed by atoms with van der Waals surface area (Å²) in [5, 5.41) is 8.66. The van der Waals surface area contributed by atoms with Crippen LogP contribution in [0.1, 0.15) is 40.7 Å². The Balaban J connectivity index is 1.33. The monoisotopic (exact) mass is 475 g/mol. The molecule has 2 heterocycles. The van der Waals surface area contributed by atoms with Crippen molar-refractivity contribution in [3.05, 3.63) is 95.2 Å². The SMILES string of the molecule is CN1CCCCC1Nc1ccccc1C(=O)Nn1ncc2cc(Cc3cc(F)cc(F)c3)ccc21. The van der Waals surface area contributed by atoms with E-state index in [0.717, 1.165) is 47.6 Å². The molecule has 1 atom stereocenters. The second-order valence-corrected chi connectivity index (χ2v) is 9.03. The molecule has 0 radical (unpaired) electrons. The van der Waals surface area contributed by atoms with Gasteiger partial charge in [0, 0.05) is 17.1 Å². The van der Waals surface area contributed by atoms with Crippen molar-refractivity contribution in [3.8, 4) is 0 Å². The molecule has 0 bridgehead atoms. The minimum atomic E-state index is -0.596. The third-order valence-corrected chi connectivity index (χ3v) is 6.43. The highest BCUT2D eigenvalue weighted by Crippen LogP contribution is 2.23. The molecule has 1 aromatic heterocycles. The Bertz CT molecular complexity index is 1350. The first-order valence-electron chi connectivity index (χ1n) is 11.7. The van der Waals surface area contributed by atoms with Gasteiger partial charge in [-0.1, -0.05) is 18.2 Å². The topological polar surface area (TPSA) is 62.2 Å². The highest BCUT2D eigenvalue weighted by molar-refractivity contribution is 6.05. The Morgan fingerprint density at radius 1 is 1.03 bits per heavy atom. The second-order valence-electron chi connectivity index (χ2n) is 9.03. The number of carbonyl (C=O) groups excluding carboxylic acids is 1. The molecule has 5 rings (SSSR count). The van der Waals surface area contributed by atoms with Crippen LogP contribution < -0.4 is 10.7 Å². The standard InChI is InChI=1S/C27H27F2N5O/c1-33-11-5-4-8-26(33)31-24-7-3-2-6-23(24)27(35)32-34-25-10-9-18(13-20(25)17-30-34)12-19-14-21(28)16-22(29)15-19/h2-3,6-7,9-10,13-17,26,31H,4-5,8,11-12H2,1H3,(H,32,35). The molecule has 3 aromatic carbocycles. The molecule has 6 nitrogen and oxygen atoms in total. The number of piperidine rings is 1. The molecule has 1 aliphatic heterocycles. The average molecular weight is 476 g/mol. The molecular formula is C27H27F2N5O. The van der Waals surface area contributed by atoms with Crippen LogP contribution in [-0.2, 0) is 6.42 Å².